The van der Waals surface area contributed by atoms with Gasteiger partial charge in [0.1, 0.15) is 33.8 Å². The van der Waals surface area contributed by atoms with Crippen molar-refractivity contribution in [3.05, 3.63) is 52.9 Å². The molecule has 4 rings (SSSR count). The fraction of sp³-hybridized carbons (Fsp3) is 0.484. The molecule has 0 radical (unpaired) electrons. The number of hydrogen-bond donors (Lipinski definition) is 0. The fourth-order valence-corrected chi connectivity index (χ4v) is 6.37. The molecular formula is C31H38Cl2FN5O4S. The molecule has 3 aromatic rings. The molecule has 1 aliphatic rings. The summed E-state index contributed by atoms with van der Waals surface area (Å²) in [6, 6.07) is 4.08. The van der Waals surface area contributed by atoms with Gasteiger partial charge in [0, 0.05) is 36.0 Å². The van der Waals surface area contributed by atoms with Crippen molar-refractivity contribution in [2.45, 2.75) is 84.9 Å². The Balaban J connectivity index is 1.52. The van der Waals surface area contributed by atoms with Crippen molar-refractivity contribution < 1.29 is 23.4 Å². The molecule has 1 fully saturated rings. The number of rotatable bonds is 9. The van der Waals surface area contributed by atoms with Crippen LogP contribution in [0.15, 0.2) is 37.1 Å². The van der Waals surface area contributed by atoms with Crippen LogP contribution in [0.4, 0.5) is 15.0 Å². The predicted octanol–water partition coefficient (Wildman–Crippen LogP) is 8.25. The van der Waals surface area contributed by atoms with E-state index in [-0.39, 0.29) is 29.5 Å². The molecule has 0 saturated carbocycles. The van der Waals surface area contributed by atoms with Crippen LogP contribution in [0.2, 0.25) is 10.0 Å². The second kappa shape index (κ2) is 13.2. The van der Waals surface area contributed by atoms with Crippen LogP contribution < -0.4 is 9.64 Å². The van der Waals surface area contributed by atoms with Gasteiger partial charge in [0.25, 0.3) is 0 Å². The van der Waals surface area contributed by atoms with Crippen LogP contribution in [-0.4, -0.2) is 68.8 Å². The Morgan fingerprint density at radius 3 is 2.52 bits per heavy atom. The van der Waals surface area contributed by atoms with Crippen molar-refractivity contribution in [2.24, 2.45) is 0 Å². The third-order valence-corrected chi connectivity index (χ3v) is 8.49. The lowest BCUT2D eigenvalue weighted by Crippen LogP contribution is -2.52. The maximum atomic E-state index is 15.3. The molecule has 1 aliphatic heterocycles. The number of amides is 1. The minimum Gasteiger partial charge on any atom is -0.488 e. The lowest BCUT2D eigenvalue weighted by Gasteiger charge is -2.35. The summed E-state index contributed by atoms with van der Waals surface area (Å²) in [5.41, 5.74) is -0.601. The summed E-state index contributed by atoms with van der Waals surface area (Å²) < 4.78 is 32.8. The Hall–Kier alpha value is -2.99. The Bertz CT molecular complexity index is 1530. The van der Waals surface area contributed by atoms with Gasteiger partial charge in [-0.3, -0.25) is 4.90 Å². The largest absolute Gasteiger partial charge is 0.488 e. The van der Waals surface area contributed by atoms with Crippen molar-refractivity contribution in [1.82, 2.24) is 20.1 Å². The number of pyridine rings is 1. The summed E-state index contributed by atoms with van der Waals surface area (Å²) in [6.45, 7) is 19.2. The second-order valence-corrected chi connectivity index (χ2v) is 14.0. The van der Waals surface area contributed by atoms with E-state index in [2.05, 4.69) is 35.6 Å². The number of halogens is 3. The van der Waals surface area contributed by atoms with Crippen LogP contribution in [-0.2, 0) is 9.47 Å². The highest BCUT2D eigenvalue weighted by atomic mass is 35.5. The van der Waals surface area contributed by atoms with E-state index < -0.39 is 29.3 Å². The molecule has 2 unspecified atom stereocenters. The van der Waals surface area contributed by atoms with Gasteiger partial charge in [-0.15, -0.1) is 16.8 Å². The maximum absolute atomic E-state index is 15.3. The van der Waals surface area contributed by atoms with Crippen LogP contribution in [0.1, 0.15) is 55.4 Å². The van der Waals surface area contributed by atoms with E-state index in [9.17, 15) is 4.79 Å². The highest BCUT2D eigenvalue weighted by Crippen LogP contribution is 2.39. The van der Waals surface area contributed by atoms with Crippen LogP contribution in [0.25, 0.3) is 21.1 Å². The summed E-state index contributed by atoms with van der Waals surface area (Å²) in [5, 5.41) is 10.2. The summed E-state index contributed by atoms with van der Waals surface area (Å²) in [5.74, 6) is -0.0571. The molecule has 0 N–H and O–H groups in total. The fourth-order valence-electron chi connectivity index (χ4n) is 4.94. The van der Waals surface area contributed by atoms with E-state index in [4.69, 9.17) is 37.4 Å². The van der Waals surface area contributed by atoms with E-state index in [1.165, 1.54) is 28.4 Å². The Morgan fingerprint density at radius 1 is 1.23 bits per heavy atom. The molecule has 44 heavy (non-hydrogen) atoms. The predicted molar refractivity (Wildman–Crippen MR) is 173 cm³/mol. The first-order valence-electron chi connectivity index (χ1n) is 14.2. The number of carbonyl (C=O) groups is 1. The number of anilines is 1. The van der Waals surface area contributed by atoms with Gasteiger partial charge in [0.05, 0.1) is 22.2 Å². The van der Waals surface area contributed by atoms with Crippen molar-refractivity contribution in [3.63, 3.8) is 0 Å². The highest BCUT2D eigenvalue weighted by Gasteiger charge is 2.50. The number of hydrogen-bond acceptors (Lipinski definition) is 9. The van der Waals surface area contributed by atoms with Crippen molar-refractivity contribution in [2.75, 3.05) is 18.1 Å². The molecule has 0 bridgehead atoms. The van der Waals surface area contributed by atoms with Gasteiger partial charge in [-0.05, 0) is 67.5 Å². The van der Waals surface area contributed by atoms with E-state index in [1.807, 2.05) is 11.8 Å². The molecule has 1 amide bonds. The zero-order valence-electron chi connectivity index (χ0n) is 26.2. The Labute approximate surface area is 271 Å². The summed E-state index contributed by atoms with van der Waals surface area (Å²) in [6.07, 6.45) is 2.55. The van der Waals surface area contributed by atoms with Crippen LogP contribution in [0, 0.1) is 5.82 Å². The SMILES string of the molecule is C=CCN(c1ncc(-c2nnc(-c3cc(F)c(OCC4C(C)OC(C)(C)N4C(=O)OC(C)(C)C)cc3Cl)s2)cc1Cl)C(C)C. The number of aromatic nitrogens is 3. The van der Waals surface area contributed by atoms with Gasteiger partial charge in [-0.25, -0.2) is 14.2 Å². The monoisotopic (exact) mass is 665 g/mol. The number of carbonyl (C=O) groups excluding carboxylic acids is 1. The van der Waals surface area contributed by atoms with Crippen LogP contribution >= 0.6 is 34.5 Å². The quantitative estimate of drug-likeness (QED) is 0.211. The van der Waals surface area contributed by atoms with Crippen LogP contribution in [0.5, 0.6) is 5.75 Å². The van der Waals surface area contributed by atoms with Crippen molar-refractivity contribution in [1.29, 1.82) is 0 Å². The molecule has 9 nitrogen and oxygen atoms in total. The number of nitrogens with zero attached hydrogens (tertiary/aromatic N) is 5. The average Bonchev–Trinajstić information content (AvgIpc) is 3.48. The molecule has 238 valence electrons. The first-order chi connectivity index (χ1) is 20.5. The molecule has 0 aliphatic carbocycles. The molecule has 0 spiro atoms. The smallest absolute Gasteiger partial charge is 0.413 e. The van der Waals surface area contributed by atoms with E-state index in [0.717, 1.165) is 0 Å². The molecule has 13 heteroatoms. The third kappa shape index (κ3) is 7.44. The second-order valence-electron chi connectivity index (χ2n) is 12.2. The first kappa shape index (κ1) is 33.9. The van der Waals surface area contributed by atoms with Gasteiger partial charge >= 0.3 is 6.09 Å². The topological polar surface area (TPSA) is 89.9 Å². The molecule has 2 aromatic heterocycles. The molecule has 3 heterocycles. The van der Waals surface area contributed by atoms with Gasteiger partial charge in [0.15, 0.2) is 11.6 Å². The van der Waals surface area contributed by atoms with Gasteiger partial charge in [0.2, 0.25) is 0 Å². The number of ether oxygens (including phenoxy) is 3. The zero-order chi connectivity index (χ0) is 32.6. The van der Waals surface area contributed by atoms with Gasteiger partial charge in [-0.1, -0.05) is 40.6 Å². The summed E-state index contributed by atoms with van der Waals surface area (Å²) in [4.78, 5) is 21.1. The first-order valence-corrected chi connectivity index (χ1v) is 15.8. The number of benzene rings is 1. The van der Waals surface area contributed by atoms with E-state index in [1.54, 1.807) is 53.0 Å². The summed E-state index contributed by atoms with van der Waals surface area (Å²) >= 11 is 14.4. The zero-order valence-corrected chi connectivity index (χ0v) is 28.5. The van der Waals surface area contributed by atoms with E-state index >= 15 is 4.39 Å². The Kier molecular flexibility index (Phi) is 10.1. The van der Waals surface area contributed by atoms with Crippen molar-refractivity contribution in [3.8, 4) is 26.9 Å². The minimum absolute atomic E-state index is 0.0375. The van der Waals surface area contributed by atoms with Gasteiger partial charge in [-0.2, -0.15) is 0 Å². The molecule has 2 atom stereocenters. The lowest BCUT2D eigenvalue weighted by molar-refractivity contribution is -0.0760. The van der Waals surface area contributed by atoms with Crippen molar-refractivity contribution >= 4 is 46.4 Å². The Morgan fingerprint density at radius 2 is 1.91 bits per heavy atom. The van der Waals surface area contributed by atoms with Crippen LogP contribution in [0.3, 0.4) is 0 Å². The lowest BCUT2D eigenvalue weighted by atomic mass is 10.1. The molecule has 1 saturated heterocycles. The highest BCUT2D eigenvalue weighted by molar-refractivity contribution is 7.18. The average molecular weight is 667 g/mol. The van der Waals surface area contributed by atoms with Gasteiger partial charge < -0.3 is 19.1 Å². The normalized spacial score (nSPS) is 18.0. The standard InChI is InChI=1S/C31H38Cl2FN5O4S/c1-10-11-38(17(2)3)26-22(33)12-19(15-35-26)27-36-37-28(44-27)20-13-23(34)25(14-21(20)32)41-16-24-18(4)42-31(8,9)39(24)29(40)43-30(5,6)7/h10,12-15,17-18,24H,1,11,16H2,2-9H3. The third-order valence-electron chi connectivity index (χ3n) is 6.89. The summed E-state index contributed by atoms with van der Waals surface area (Å²) in [7, 11) is 0. The minimum atomic E-state index is -0.940. The molecule has 1 aromatic carbocycles. The maximum Gasteiger partial charge on any atom is 0.413 e. The molecular weight excluding hydrogens is 628 g/mol. The van der Waals surface area contributed by atoms with E-state index in [0.29, 0.717) is 38.5 Å².